The molecule has 100 valence electrons. The quantitative estimate of drug-likeness (QED) is 0.803. The lowest BCUT2D eigenvalue weighted by atomic mass is 9.88. The van der Waals surface area contributed by atoms with Gasteiger partial charge in [-0.15, -0.1) is 0 Å². The molecule has 0 heterocycles. The maximum atomic E-state index is 11.3. The van der Waals surface area contributed by atoms with Crippen molar-refractivity contribution < 1.29 is 14.6 Å². The molecule has 0 spiro atoms. The van der Waals surface area contributed by atoms with Crippen LogP contribution >= 0.6 is 0 Å². The summed E-state index contributed by atoms with van der Waals surface area (Å²) < 4.78 is 5.42. The summed E-state index contributed by atoms with van der Waals surface area (Å²) >= 11 is 0. The molecule has 0 radical (unpaired) electrons. The SMILES string of the molecule is CCN(C1CCCC(OC)C1)C(C)(C)C(=O)O. The van der Waals surface area contributed by atoms with Crippen LogP contribution in [0.2, 0.25) is 0 Å². The molecule has 0 aromatic rings. The molecular formula is C13H25NO3. The third-order valence-corrected chi connectivity index (χ3v) is 3.95. The molecule has 1 N–H and O–H groups in total. The van der Waals surface area contributed by atoms with E-state index < -0.39 is 11.5 Å². The van der Waals surface area contributed by atoms with E-state index in [0.29, 0.717) is 6.04 Å². The van der Waals surface area contributed by atoms with Crippen LogP contribution in [0.4, 0.5) is 0 Å². The number of hydrogen-bond acceptors (Lipinski definition) is 3. The number of ether oxygens (including phenoxy) is 1. The van der Waals surface area contributed by atoms with Gasteiger partial charge in [-0.05, 0) is 46.1 Å². The normalized spacial score (nSPS) is 26.2. The number of rotatable bonds is 5. The molecule has 1 rings (SSSR count). The van der Waals surface area contributed by atoms with Crippen molar-refractivity contribution in [3.05, 3.63) is 0 Å². The molecule has 4 heteroatoms. The van der Waals surface area contributed by atoms with E-state index in [-0.39, 0.29) is 6.10 Å². The number of hydrogen-bond donors (Lipinski definition) is 1. The molecule has 4 nitrogen and oxygen atoms in total. The van der Waals surface area contributed by atoms with Crippen molar-refractivity contribution in [2.75, 3.05) is 13.7 Å². The van der Waals surface area contributed by atoms with Crippen LogP contribution in [-0.2, 0) is 9.53 Å². The summed E-state index contributed by atoms with van der Waals surface area (Å²) in [4.78, 5) is 13.4. The molecule has 2 atom stereocenters. The first-order chi connectivity index (χ1) is 7.93. The first-order valence-corrected chi connectivity index (χ1v) is 6.46. The number of aliphatic carboxylic acids is 1. The second kappa shape index (κ2) is 5.83. The largest absolute Gasteiger partial charge is 0.480 e. The Morgan fingerprint density at radius 3 is 2.59 bits per heavy atom. The third kappa shape index (κ3) is 3.19. The van der Waals surface area contributed by atoms with Crippen molar-refractivity contribution in [3.8, 4) is 0 Å². The lowest BCUT2D eigenvalue weighted by Gasteiger charge is -2.43. The molecule has 0 amide bonds. The molecule has 1 saturated carbocycles. The predicted octanol–water partition coefficient (Wildman–Crippen LogP) is 2.13. The first kappa shape index (κ1) is 14.5. The van der Waals surface area contributed by atoms with E-state index in [0.717, 1.165) is 32.2 Å². The molecule has 0 aliphatic heterocycles. The highest BCUT2D eigenvalue weighted by molar-refractivity contribution is 5.77. The fourth-order valence-corrected chi connectivity index (χ4v) is 2.85. The Morgan fingerprint density at radius 1 is 1.47 bits per heavy atom. The average Bonchev–Trinajstić information content (AvgIpc) is 2.29. The van der Waals surface area contributed by atoms with Crippen molar-refractivity contribution in [3.63, 3.8) is 0 Å². The summed E-state index contributed by atoms with van der Waals surface area (Å²) in [6.45, 7) is 6.37. The highest BCUT2D eigenvalue weighted by atomic mass is 16.5. The molecule has 2 unspecified atom stereocenters. The Bertz CT molecular complexity index is 265. The first-order valence-electron chi connectivity index (χ1n) is 6.46. The van der Waals surface area contributed by atoms with Crippen molar-refractivity contribution in [2.24, 2.45) is 0 Å². The molecule has 1 aliphatic carbocycles. The van der Waals surface area contributed by atoms with Gasteiger partial charge < -0.3 is 9.84 Å². The molecule has 0 saturated heterocycles. The number of nitrogens with zero attached hydrogens (tertiary/aromatic N) is 1. The van der Waals surface area contributed by atoms with Crippen LogP contribution in [-0.4, -0.2) is 47.3 Å². The summed E-state index contributed by atoms with van der Waals surface area (Å²) in [5.74, 6) is -0.751. The van der Waals surface area contributed by atoms with Crippen molar-refractivity contribution in [1.29, 1.82) is 0 Å². The highest BCUT2D eigenvalue weighted by Gasteiger charge is 2.39. The van der Waals surface area contributed by atoms with Gasteiger partial charge in [0.1, 0.15) is 5.54 Å². The molecule has 0 aromatic heterocycles. The molecule has 17 heavy (non-hydrogen) atoms. The van der Waals surface area contributed by atoms with E-state index in [1.54, 1.807) is 21.0 Å². The second-order valence-electron chi connectivity index (χ2n) is 5.33. The van der Waals surface area contributed by atoms with E-state index in [1.807, 2.05) is 6.92 Å². The molecule has 0 bridgehead atoms. The Labute approximate surface area is 104 Å². The van der Waals surface area contributed by atoms with Crippen LogP contribution in [0, 0.1) is 0 Å². The average molecular weight is 243 g/mol. The van der Waals surface area contributed by atoms with Gasteiger partial charge in [0.15, 0.2) is 0 Å². The van der Waals surface area contributed by atoms with E-state index in [1.165, 1.54) is 0 Å². The van der Waals surface area contributed by atoms with Crippen LogP contribution in [0.1, 0.15) is 46.5 Å². The van der Waals surface area contributed by atoms with Crippen LogP contribution < -0.4 is 0 Å². The molecule has 0 aromatic carbocycles. The van der Waals surface area contributed by atoms with Gasteiger partial charge in [0.25, 0.3) is 0 Å². The zero-order chi connectivity index (χ0) is 13.1. The molecule has 1 fully saturated rings. The van der Waals surface area contributed by atoms with Crippen molar-refractivity contribution in [2.45, 2.75) is 64.1 Å². The Kier molecular flexibility index (Phi) is 4.95. The minimum absolute atomic E-state index is 0.285. The van der Waals surface area contributed by atoms with Gasteiger partial charge in [-0.1, -0.05) is 6.92 Å². The lowest BCUT2D eigenvalue weighted by Crippen LogP contribution is -2.56. The van der Waals surface area contributed by atoms with Gasteiger partial charge in [-0.3, -0.25) is 9.69 Å². The Balaban J connectivity index is 2.76. The number of methoxy groups -OCH3 is 1. The van der Waals surface area contributed by atoms with Crippen LogP contribution in [0.3, 0.4) is 0 Å². The maximum Gasteiger partial charge on any atom is 0.323 e. The van der Waals surface area contributed by atoms with Crippen molar-refractivity contribution in [1.82, 2.24) is 4.90 Å². The van der Waals surface area contributed by atoms with E-state index in [4.69, 9.17) is 4.74 Å². The second-order valence-corrected chi connectivity index (χ2v) is 5.33. The van der Waals surface area contributed by atoms with Gasteiger partial charge in [-0.25, -0.2) is 0 Å². The van der Waals surface area contributed by atoms with Crippen molar-refractivity contribution >= 4 is 5.97 Å². The van der Waals surface area contributed by atoms with E-state index >= 15 is 0 Å². The van der Waals surface area contributed by atoms with E-state index in [9.17, 15) is 9.90 Å². The number of likely N-dealkylation sites (N-methyl/N-ethyl adjacent to an activating group) is 1. The summed E-state index contributed by atoms with van der Waals surface area (Å²) in [5.41, 5.74) is -0.797. The third-order valence-electron chi connectivity index (χ3n) is 3.95. The predicted molar refractivity (Wildman–Crippen MR) is 67.1 cm³/mol. The summed E-state index contributed by atoms with van der Waals surface area (Å²) in [7, 11) is 1.74. The number of carbonyl (C=O) groups is 1. The minimum atomic E-state index is -0.797. The highest BCUT2D eigenvalue weighted by Crippen LogP contribution is 2.29. The van der Waals surface area contributed by atoms with E-state index in [2.05, 4.69) is 4.90 Å². The zero-order valence-corrected chi connectivity index (χ0v) is 11.4. The standard InChI is InChI=1S/C13H25NO3/c1-5-14(13(2,3)12(15)16)10-7-6-8-11(9-10)17-4/h10-11H,5-9H2,1-4H3,(H,15,16). The fraction of sp³-hybridized carbons (Fsp3) is 0.923. The van der Waals surface area contributed by atoms with Gasteiger partial charge in [0, 0.05) is 13.2 Å². The van der Waals surface area contributed by atoms with Crippen LogP contribution in [0.5, 0.6) is 0 Å². The zero-order valence-electron chi connectivity index (χ0n) is 11.4. The molecular weight excluding hydrogens is 218 g/mol. The minimum Gasteiger partial charge on any atom is -0.480 e. The summed E-state index contributed by atoms with van der Waals surface area (Å²) in [6.07, 6.45) is 4.52. The van der Waals surface area contributed by atoms with Gasteiger partial charge in [0.05, 0.1) is 6.10 Å². The fourth-order valence-electron chi connectivity index (χ4n) is 2.85. The summed E-state index contributed by atoms with van der Waals surface area (Å²) in [5, 5.41) is 9.32. The lowest BCUT2D eigenvalue weighted by molar-refractivity contribution is -0.152. The van der Waals surface area contributed by atoms with Crippen LogP contribution in [0.25, 0.3) is 0 Å². The topological polar surface area (TPSA) is 49.8 Å². The number of carboxylic acids is 1. The Hall–Kier alpha value is -0.610. The maximum absolute atomic E-state index is 11.3. The monoisotopic (exact) mass is 243 g/mol. The van der Waals surface area contributed by atoms with Crippen LogP contribution in [0.15, 0.2) is 0 Å². The molecule has 1 aliphatic rings. The Morgan fingerprint density at radius 2 is 2.12 bits per heavy atom. The summed E-state index contributed by atoms with van der Waals surface area (Å²) in [6, 6.07) is 0.324. The van der Waals surface area contributed by atoms with Gasteiger partial charge >= 0.3 is 5.97 Å². The number of carboxylic acid groups (broad SMARTS) is 1. The van der Waals surface area contributed by atoms with Gasteiger partial charge in [-0.2, -0.15) is 0 Å². The smallest absolute Gasteiger partial charge is 0.323 e. The van der Waals surface area contributed by atoms with Gasteiger partial charge in [0.2, 0.25) is 0 Å².